The molecular formula is C13H19N3O. The summed E-state index contributed by atoms with van der Waals surface area (Å²) in [5.41, 5.74) is 1.44. The summed E-state index contributed by atoms with van der Waals surface area (Å²) < 4.78 is 0. The predicted octanol–water partition coefficient (Wildman–Crippen LogP) is 1.21. The maximum Gasteiger partial charge on any atom is 0.272 e. The van der Waals surface area contributed by atoms with Crippen LogP contribution in [0.3, 0.4) is 0 Å². The summed E-state index contributed by atoms with van der Waals surface area (Å²) >= 11 is 0. The van der Waals surface area contributed by atoms with Gasteiger partial charge in [-0.25, -0.2) is 4.98 Å². The van der Waals surface area contributed by atoms with E-state index in [-0.39, 0.29) is 11.9 Å². The molecule has 1 N–H and O–H groups in total. The van der Waals surface area contributed by atoms with Gasteiger partial charge in [0.05, 0.1) is 0 Å². The lowest BCUT2D eigenvalue weighted by Crippen LogP contribution is -2.40. The van der Waals surface area contributed by atoms with Crippen molar-refractivity contribution in [2.24, 2.45) is 0 Å². The Morgan fingerprint density at radius 2 is 2.29 bits per heavy atom. The van der Waals surface area contributed by atoms with Crippen molar-refractivity contribution >= 4 is 5.91 Å². The van der Waals surface area contributed by atoms with E-state index < -0.39 is 0 Å². The Kier molecular flexibility index (Phi) is 3.74. The number of aryl methyl sites for hydroxylation is 1. The Morgan fingerprint density at radius 1 is 1.47 bits per heavy atom. The minimum absolute atomic E-state index is 0.0462. The summed E-state index contributed by atoms with van der Waals surface area (Å²) in [5.74, 6) is 0.0462. The molecule has 1 aliphatic rings. The number of carbonyl (C=O) groups excluding carboxylic acids is 1. The standard InChI is InChI=1S/C13H19N3O/c1-10-4-3-5-12(15-10)13(17)16-9-8-14-7-6-11(16)2/h3-5,11,14H,6-9H2,1-2H3/t11-/m1/s1. The van der Waals surface area contributed by atoms with E-state index >= 15 is 0 Å². The van der Waals surface area contributed by atoms with Crippen molar-refractivity contribution in [2.75, 3.05) is 19.6 Å². The molecule has 17 heavy (non-hydrogen) atoms. The van der Waals surface area contributed by atoms with Crippen molar-refractivity contribution in [1.82, 2.24) is 15.2 Å². The first-order chi connectivity index (χ1) is 8.18. The van der Waals surface area contributed by atoms with Crippen LogP contribution in [0.1, 0.15) is 29.5 Å². The number of hydrogen-bond donors (Lipinski definition) is 1. The molecule has 2 rings (SSSR count). The number of carbonyl (C=O) groups is 1. The molecule has 1 aromatic heterocycles. The van der Waals surface area contributed by atoms with Crippen LogP contribution in [0.4, 0.5) is 0 Å². The molecule has 0 aliphatic carbocycles. The van der Waals surface area contributed by atoms with E-state index in [1.54, 1.807) is 6.07 Å². The fraction of sp³-hybridized carbons (Fsp3) is 0.538. The molecule has 0 aromatic carbocycles. The Labute approximate surface area is 102 Å². The molecule has 0 unspecified atom stereocenters. The SMILES string of the molecule is Cc1cccc(C(=O)N2CCNCC[C@H]2C)n1. The number of aromatic nitrogens is 1. The van der Waals surface area contributed by atoms with Gasteiger partial charge >= 0.3 is 0 Å². The summed E-state index contributed by atoms with van der Waals surface area (Å²) in [6.45, 7) is 6.61. The van der Waals surface area contributed by atoms with Gasteiger partial charge in [0.1, 0.15) is 5.69 Å². The second kappa shape index (κ2) is 5.27. The monoisotopic (exact) mass is 233 g/mol. The second-order valence-corrected chi connectivity index (χ2v) is 4.55. The zero-order valence-corrected chi connectivity index (χ0v) is 10.4. The molecule has 1 saturated heterocycles. The summed E-state index contributed by atoms with van der Waals surface area (Å²) in [4.78, 5) is 18.6. The Balaban J connectivity index is 2.18. The molecule has 4 nitrogen and oxygen atoms in total. The first-order valence-corrected chi connectivity index (χ1v) is 6.14. The van der Waals surface area contributed by atoms with Crippen LogP contribution in [0.2, 0.25) is 0 Å². The van der Waals surface area contributed by atoms with Gasteiger partial charge in [0, 0.05) is 24.8 Å². The average molecular weight is 233 g/mol. The summed E-state index contributed by atoms with van der Waals surface area (Å²) in [7, 11) is 0. The van der Waals surface area contributed by atoms with Gasteiger partial charge in [-0.3, -0.25) is 4.79 Å². The van der Waals surface area contributed by atoms with Crippen LogP contribution >= 0.6 is 0 Å². The third-order valence-electron chi connectivity index (χ3n) is 3.17. The summed E-state index contributed by atoms with van der Waals surface area (Å²) in [6, 6.07) is 5.86. The van der Waals surface area contributed by atoms with Gasteiger partial charge in [0.15, 0.2) is 0 Å². The van der Waals surface area contributed by atoms with Crippen LogP contribution in [0, 0.1) is 6.92 Å². The van der Waals surface area contributed by atoms with Crippen LogP contribution in [0.5, 0.6) is 0 Å². The van der Waals surface area contributed by atoms with Crippen LogP contribution < -0.4 is 5.32 Å². The van der Waals surface area contributed by atoms with E-state index in [4.69, 9.17) is 0 Å². The fourth-order valence-electron chi connectivity index (χ4n) is 2.12. The number of pyridine rings is 1. The lowest BCUT2D eigenvalue weighted by molar-refractivity contribution is 0.0698. The quantitative estimate of drug-likeness (QED) is 0.793. The van der Waals surface area contributed by atoms with E-state index in [9.17, 15) is 4.79 Å². The molecule has 0 radical (unpaired) electrons. The third kappa shape index (κ3) is 2.82. The van der Waals surface area contributed by atoms with Crippen molar-refractivity contribution in [2.45, 2.75) is 26.3 Å². The third-order valence-corrected chi connectivity index (χ3v) is 3.17. The number of nitrogens with one attached hydrogen (secondary N) is 1. The molecule has 1 aliphatic heterocycles. The zero-order chi connectivity index (χ0) is 12.3. The highest BCUT2D eigenvalue weighted by atomic mass is 16.2. The summed E-state index contributed by atoms with van der Waals surface area (Å²) in [6.07, 6.45) is 0.998. The largest absolute Gasteiger partial charge is 0.333 e. The lowest BCUT2D eigenvalue weighted by atomic mass is 10.2. The lowest BCUT2D eigenvalue weighted by Gasteiger charge is -2.26. The highest BCUT2D eigenvalue weighted by molar-refractivity contribution is 5.92. The highest BCUT2D eigenvalue weighted by Gasteiger charge is 2.23. The van der Waals surface area contributed by atoms with Crippen molar-refractivity contribution in [1.29, 1.82) is 0 Å². The van der Waals surface area contributed by atoms with Crippen LogP contribution in [0.25, 0.3) is 0 Å². The molecule has 0 bridgehead atoms. The second-order valence-electron chi connectivity index (χ2n) is 4.55. The molecule has 1 aromatic rings. The molecule has 4 heteroatoms. The van der Waals surface area contributed by atoms with E-state index in [2.05, 4.69) is 17.2 Å². The average Bonchev–Trinajstić information content (AvgIpc) is 2.53. The van der Waals surface area contributed by atoms with Crippen LogP contribution in [0.15, 0.2) is 18.2 Å². The van der Waals surface area contributed by atoms with E-state index in [1.807, 2.05) is 24.0 Å². The Hall–Kier alpha value is -1.42. The molecule has 1 fully saturated rings. The highest BCUT2D eigenvalue weighted by Crippen LogP contribution is 2.11. The fourth-order valence-corrected chi connectivity index (χ4v) is 2.12. The maximum atomic E-state index is 12.4. The van der Waals surface area contributed by atoms with Gasteiger partial charge in [-0.15, -0.1) is 0 Å². The van der Waals surface area contributed by atoms with Crippen molar-refractivity contribution < 1.29 is 4.79 Å². The van der Waals surface area contributed by atoms with E-state index in [0.717, 1.165) is 31.7 Å². The molecule has 0 spiro atoms. The number of amides is 1. The Morgan fingerprint density at radius 3 is 3.06 bits per heavy atom. The molecule has 2 heterocycles. The van der Waals surface area contributed by atoms with Gasteiger partial charge in [0.2, 0.25) is 0 Å². The molecule has 0 saturated carbocycles. The molecule has 1 amide bonds. The first-order valence-electron chi connectivity index (χ1n) is 6.14. The van der Waals surface area contributed by atoms with Gasteiger partial charge in [-0.2, -0.15) is 0 Å². The van der Waals surface area contributed by atoms with Gasteiger partial charge in [0.25, 0.3) is 5.91 Å². The van der Waals surface area contributed by atoms with Crippen LogP contribution in [-0.4, -0.2) is 41.5 Å². The molecule has 92 valence electrons. The number of hydrogen-bond acceptors (Lipinski definition) is 3. The predicted molar refractivity (Wildman–Crippen MR) is 67.0 cm³/mol. The number of nitrogens with zero attached hydrogens (tertiary/aromatic N) is 2. The minimum Gasteiger partial charge on any atom is -0.333 e. The van der Waals surface area contributed by atoms with Crippen molar-refractivity contribution in [3.8, 4) is 0 Å². The smallest absolute Gasteiger partial charge is 0.272 e. The van der Waals surface area contributed by atoms with Gasteiger partial charge in [-0.1, -0.05) is 6.07 Å². The first kappa shape index (κ1) is 12.0. The van der Waals surface area contributed by atoms with Crippen molar-refractivity contribution in [3.63, 3.8) is 0 Å². The minimum atomic E-state index is 0.0462. The molecule has 1 atom stereocenters. The topological polar surface area (TPSA) is 45.2 Å². The van der Waals surface area contributed by atoms with E-state index in [1.165, 1.54) is 0 Å². The number of rotatable bonds is 1. The molecular weight excluding hydrogens is 214 g/mol. The van der Waals surface area contributed by atoms with E-state index in [0.29, 0.717) is 5.69 Å². The van der Waals surface area contributed by atoms with Gasteiger partial charge < -0.3 is 10.2 Å². The van der Waals surface area contributed by atoms with Crippen molar-refractivity contribution in [3.05, 3.63) is 29.6 Å². The zero-order valence-electron chi connectivity index (χ0n) is 10.4. The Bertz CT molecular complexity index is 405. The van der Waals surface area contributed by atoms with Gasteiger partial charge in [-0.05, 0) is 38.9 Å². The normalized spacial score (nSPS) is 21.1. The van der Waals surface area contributed by atoms with Crippen LogP contribution in [-0.2, 0) is 0 Å². The maximum absolute atomic E-state index is 12.4. The summed E-state index contributed by atoms with van der Waals surface area (Å²) in [5, 5.41) is 3.31.